The van der Waals surface area contributed by atoms with Crippen molar-refractivity contribution >= 4 is 23.2 Å². The van der Waals surface area contributed by atoms with Crippen LogP contribution in [-0.4, -0.2) is 35.8 Å². The number of nitrogens with zero attached hydrogens (tertiary/aromatic N) is 1. The van der Waals surface area contributed by atoms with Gasteiger partial charge in [-0.25, -0.2) is 0 Å². The zero-order valence-corrected chi connectivity index (χ0v) is 13.6. The number of fused-ring (bicyclic) bond motifs is 1. The smallest absolute Gasteiger partial charge is 0.263 e. The Bertz CT molecular complexity index is 600. The summed E-state index contributed by atoms with van der Waals surface area (Å²) in [5.74, 6) is 0.500. The van der Waals surface area contributed by atoms with Gasteiger partial charge in [0.25, 0.3) is 5.91 Å². The molecule has 2 heterocycles. The minimum atomic E-state index is 0.0949. The number of aryl methyl sites for hydroxylation is 1. The second-order valence-corrected chi connectivity index (χ2v) is 7.92. The molecule has 3 aliphatic rings. The van der Waals surface area contributed by atoms with Crippen LogP contribution in [0.1, 0.15) is 52.2 Å². The van der Waals surface area contributed by atoms with E-state index in [2.05, 4.69) is 11.4 Å². The number of nitrogens with one attached hydrogen (secondary N) is 1. The summed E-state index contributed by atoms with van der Waals surface area (Å²) in [6, 6.07) is 2.49. The normalized spacial score (nSPS) is 24.2. The molecule has 2 aliphatic carbocycles. The first-order valence-corrected chi connectivity index (χ1v) is 9.23. The van der Waals surface area contributed by atoms with Gasteiger partial charge in [-0.2, -0.15) is 0 Å². The summed E-state index contributed by atoms with van der Waals surface area (Å²) >= 11 is 1.65. The van der Waals surface area contributed by atoms with Crippen LogP contribution >= 0.6 is 11.3 Å². The van der Waals surface area contributed by atoms with Crippen LogP contribution in [0, 0.1) is 5.92 Å². The van der Waals surface area contributed by atoms with E-state index in [1.165, 1.54) is 10.4 Å². The summed E-state index contributed by atoms with van der Waals surface area (Å²) in [7, 11) is 0. The maximum absolute atomic E-state index is 12.5. The van der Waals surface area contributed by atoms with Crippen LogP contribution < -0.4 is 5.32 Å². The Morgan fingerprint density at radius 1 is 1.18 bits per heavy atom. The van der Waals surface area contributed by atoms with Gasteiger partial charge in [-0.3, -0.25) is 9.59 Å². The molecule has 0 bridgehead atoms. The monoisotopic (exact) mass is 318 g/mol. The Morgan fingerprint density at radius 3 is 2.68 bits per heavy atom. The van der Waals surface area contributed by atoms with Crippen LogP contribution in [-0.2, 0) is 17.6 Å². The number of carbonyl (C=O) groups excluding carboxylic acids is 2. The molecule has 2 fully saturated rings. The Labute approximate surface area is 134 Å². The first-order valence-electron chi connectivity index (χ1n) is 8.42. The number of amides is 2. The van der Waals surface area contributed by atoms with Crippen molar-refractivity contribution in [2.75, 3.05) is 13.1 Å². The van der Waals surface area contributed by atoms with Gasteiger partial charge in [0.2, 0.25) is 5.91 Å². The second-order valence-electron chi connectivity index (χ2n) is 6.78. The zero-order valence-electron chi connectivity index (χ0n) is 12.8. The van der Waals surface area contributed by atoms with Crippen LogP contribution in [0.2, 0.25) is 0 Å². The topological polar surface area (TPSA) is 49.4 Å². The van der Waals surface area contributed by atoms with E-state index in [1.807, 2.05) is 4.90 Å². The van der Waals surface area contributed by atoms with Crippen molar-refractivity contribution in [1.82, 2.24) is 10.2 Å². The molecular weight excluding hydrogens is 296 g/mol. The molecule has 1 saturated carbocycles. The van der Waals surface area contributed by atoms with Crippen molar-refractivity contribution in [3.8, 4) is 0 Å². The molecule has 1 saturated heterocycles. The van der Waals surface area contributed by atoms with E-state index in [1.54, 1.807) is 11.3 Å². The molecule has 1 atom stereocenters. The molecule has 1 aromatic rings. The van der Waals surface area contributed by atoms with Gasteiger partial charge in [-0.05, 0) is 56.6 Å². The number of thiophene rings is 1. The van der Waals surface area contributed by atoms with E-state index in [9.17, 15) is 9.59 Å². The second kappa shape index (κ2) is 5.69. The van der Waals surface area contributed by atoms with E-state index in [0.29, 0.717) is 6.04 Å². The molecule has 22 heavy (non-hydrogen) atoms. The quantitative estimate of drug-likeness (QED) is 0.930. The van der Waals surface area contributed by atoms with E-state index in [-0.39, 0.29) is 17.7 Å². The van der Waals surface area contributed by atoms with Crippen LogP contribution in [0.4, 0.5) is 0 Å². The molecule has 2 amide bonds. The van der Waals surface area contributed by atoms with Crippen molar-refractivity contribution in [2.45, 2.75) is 51.0 Å². The Balaban J connectivity index is 1.45. The standard InChI is InChI=1S/C17H22N2O2S/c20-16(18-13-4-5-13)11-3-6-14-12(9-11)10-15(22-14)17(21)19-7-1-2-8-19/h10-11,13H,1-9H2,(H,18,20). The molecule has 0 aromatic carbocycles. The minimum Gasteiger partial charge on any atom is -0.353 e. The average Bonchev–Trinajstić information content (AvgIpc) is 3.05. The van der Waals surface area contributed by atoms with E-state index in [0.717, 1.165) is 62.9 Å². The number of carbonyl (C=O) groups is 2. The molecule has 4 nitrogen and oxygen atoms in total. The summed E-state index contributed by atoms with van der Waals surface area (Å²) in [5, 5.41) is 3.12. The maximum Gasteiger partial charge on any atom is 0.263 e. The molecular formula is C17H22N2O2S. The predicted molar refractivity (Wildman–Crippen MR) is 86.1 cm³/mol. The Kier molecular flexibility index (Phi) is 3.68. The first-order chi connectivity index (χ1) is 10.7. The molecule has 1 N–H and O–H groups in total. The highest BCUT2D eigenvalue weighted by molar-refractivity contribution is 7.14. The van der Waals surface area contributed by atoms with E-state index < -0.39 is 0 Å². The van der Waals surface area contributed by atoms with Crippen molar-refractivity contribution in [3.05, 3.63) is 21.4 Å². The fourth-order valence-electron chi connectivity index (χ4n) is 3.48. The lowest BCUT2D eigenvalue weighted by Crippen LogP contribution is -2.35. The van der Waals surface area contributed by atoms with Gasteiger partial charge in [0, 0.05) is 29.9 Å². The zero-order chi connectivity index (χ0) is 15.1. The summed E-state index contributed by atoms with van der Waals surface area (Å²) in [5.41, 5.74) is 1.23. The first kappa shape index (κ1) is 14.2. The van der Waals surface area contributed by atoms with Crippen LogP contribution in [0.15, 0.2) is 6.07 Å². The third kappa shape index (κ3) is 2.78. The summed E-state index contributed by atoms with van der Waals surface area (Å²) in [6.45, 7) is 1.79. The molecule has 118 valence electrons. The molecule has 4 rings (SSSR count). The molecule has 0 spiro atoms. The van der Waals surface area contributed by atoms with Gasteiger partial charge in [0.05, 0.1) is 4.88 Å². The lowest BCUT2D eigenvalue weighted by atomic mass is 9.87. The number of likely N-dealkylation sites (tertiary alicyclic amines) is 1. The van der Waals surface area contributed by atoms with E-state index in [4.69, 9.17) is 0 Å². The van der Waals surface area contributed by atoms with Crippen LogP contribution in [0.5, 0.6) is 0 Å². The van der Waals surface area contributed by atoms with Gasteiger partial charge in [0.1, 0.15) is 0 Å². The van der Waals surface area contributed by atoms with E-state index >= 15 is 0 Å². The number of rotatable bonds is 3. The van der Waals surface area contributed by atoms with Crippen LogP contribution in [0.3, 0.4) is 0 Å². The van der Waals surface area contributed by atoms with Gasteiger partial charge in [-0.1, -0.05) is 0 Å². The lowest BCUT2D eigenvalue weighted by Gasteiger charge is -2.21. The molecule has 5 heteroatoms. The van der Waals surface area contributed by atoms with Gasteiger partial charge in [0.15, 0.2) is 0 Å². The minimum absolute atomic E-state index is 0.0949. The predicted octanol–water partition coefficient (Wildman–Crippen LogP) is 2.37. The van der Waals surface area contributed by atoms with Crippen molar-refractivity contribution in [2.24, 2.45) is 5.92 Å². The highest BCUT2D eigenvalue weighted by Crippen LogP contribution is 2.34. The maximum atomic E-state index is 12.5. The highest BCUT2D eigenvalue weighted by atomic mass is 32.1. The fourth-order valence-corrected chi connectivity index (χ4v) is 4.65. The third-order valence-corrected chi connectivity index (χ3v) is 6.21. The Hall–Kier alpha value is -1.36. The molecule has 0 radical (unpaired) electrons. The van der Waals surface area contributed by atoms with Crippen molar-refractivity contribution in [3.63, 3.8) is 0 Å². The summed E-state index contributed by atoms with van der Waals surface area (Å²) in [4.78, 5) is 28.9. The highest BCUT2D eigenvalue weighted by Gasteiger charge is 2.31. The lowest BCUT2D eigenvalue weighted by molar-refractivity contribution is -0.125. The van der Waals surface area contributed by atoms with Crippen molar-refractivity contribution < 1.29 is 9.59 Å². The van der Waals surface area contributed by atoms with Crippen molar-refractivity contribution in [1.29, 1.82) is 0 Å². The average molecular weight is 318 g/mol. The fraction of sp³-hybridized carbons (Fsp3) is 0.647. The summed E-state index contributed by atoms with van der Waals surface area (Å²) in [6.07, 6.45) is 7.19. The summed E-state index contributed by atoms with van der Waals surface area (Å²) < 4.78 is 0. The van der Waals surface area contributed by atoms with Gasteiger partial charge < -0.3 is 10.2 Å². The third-order valence-electron chi connectivity index (χ3n) is 4.98. The molecule has 1 unspecified atom stereocenters. The molecule has 1 aromatic heterocycles. The largest absolute Gasteiger partial charge is 0.353 e. The van der Waals surface area contributed by atoms with Gasteiger partial charge in [-0.15, -0.1) is 11.3 Å². The van der Waals surface area contributed by atoms with Crippen LogP contribution in [0.25, 0.3) is 0 Å². The Morgan fingerprint density at radius 2 is 1.95 bits per heavy atom. The van der Waals surface area contributed by atoms with Gasteiger partial charge >= 0.3 is 0 Å². The number of hydrogen-bond donors (Lipinski definition) is 1. The SMILES string of the molecule is O=C(NC1CC1)C1CCc2sc(C(=O)N3CCCC3)cc2C1. The molecule has 1 aliphatic heterocycles. The number of hydrogen-bond acceptors (Lipinski definition) is 3.